The number of hydrogen-bond acceptors (Lipinski definition) is 5. The first-order valence-electron chi connectivity index (χ1n) is 11.4. The second-order valence-corrected chi connectivity index (χ2v) is 9.74. The van der Waals surface area contributed by atoms with Crippen LogP contribution in [0.25, 0.3) is 10.9 Å². The first-order chi connectivity index (χ1) is 15.9. The third-order valence-electron chi connectivity index (χ3n) is 5.38. The molecule has 1 heterocycles. The number of benzene rings is 2. The molecule has 7 nitrogen and oxygen atoms in total. The molecular weight excluding hydrogens is 440 g/mol. The smallest absolute Gasteiger partial charge is 0.268 e. The third kappa shape index (κ3) is 5.75. The van der Waals surface area contributed by atoms with E-state index < -0.39 is 10.0 Å². The standard InChI is InChI=1S/C25H32N2O5S/c1-3-12-26(13-4-2)25(29)18-20-17-21(32-16-8-15-28)19-24-23(20)11-14-27(24)33(30,31)22-9-6-5-7-10-22/h5-7,9-11,14,17,19,28H,3-4,8,12-13,15-16,18H2,1-2H3. The van der Waals surface area contributed by atoms with Crippen LogP contribution >= 0.6 is 0 Å². The summed E-state index contributed by atoms with van der Waals surface area (Å²) in [6.07, 6.45) is 3.88. The fourth-order valence-corrected chi connectivity index (χ4v) is 5.20. The Labute approximate surface area is 195 Å². The van der Waals surface area contributed by atoms with Gasteiger partial charge in [0.2, 0.25) is 5.91 Å². The Morgan fingerprint density at radius 1 is 1.06 bits per heavy atom. The Kier molecular flexibility index (Phi) is 8.52. The van der Waals surface area contributed by atoms with Crippen molar-refractivity contribution in [2.45, 2.75) is 44.4 Å². The fourth-order valence-electron chi connectivity index (χ4n) is 3.84. The van der Waals surface area contributed by atoms with Crippen LogP contribution < -0.4 is 4.74 Å². The summed E-state index contributed by atoms with van der Waals surface area (Å²) in [6, 6.07) is 13.5. The molecule has 0 aliphatic rings. The number of carbonyl (C=O) groups is 1. The molecule has 0 radical (unpaired) electrons. The zero-order chi connectivity index (χ0) is 23.8. The number of amides is 1. The van der Waals surface area contributed by atoms with Gasteiger partial charge in [-0.05, 0) is 42.7 Å². The van der Waals surface area contributed by atoms with Crippen molar-refractivity contribution >= 4 is 26.8 Å². The van der Waals surface area contributed by atoms with Crippen molar-refractivity contribution < 1.29 is 23.1 Å². The average molecular weight is 473 g/mol. The summed E-state index contributed by atoms with van der Waals surface area (Å²) < 4.78 is 33.6. The topological polar surface area (TPSA) is 88.8 Å². The lowest BCUT2D eigenvalue weighted by Gasteiger charge is -2.22. The molecule has 0 bridgehead atoms. The van der Waals surface area contributed by atoms with E-state index >= 15 is 0 Å². The lowest BCUT2D eigenvalue weighted by atomic mass is 10.1. The van der Waals surface area contributed by atoms with Gasteiger partial charge in [-0.3, -0.25) is 4.79 Å². The maximum Gasteiger partial charge on any atom is 0.268 e. The molecule has 0 saturated heterocycles. The molecule has 0 saturated carbocycles. The van der Waals surface area contributed by atoms with Gasteiger partial charge in [-0.2, -0.15) is 0 Å². The second-order valence-electron chi connectivity index (χ2n) is 7.93. The van der Waals surface area contributed by atoms with Crippen molar-refractivity contribution in [3.05, 3.63) is 60.3 Å². The van der Waals surface area contributed by atoms with Crippen LogP contribution in [0.5, 0.6) is 5.75 Å². The molecule has 33 heavy (non-hydrogen) atoms. The average Bonchev–Trinajstić information content (AvgIpc) is 3.25. The lowest BCUT2D eigenvalue weighted by molar-refractivity contribution is -0.130. The minimum absolute atomic E-state index is 0.00462. The maximum atomic E-state index is 13.3. The highest BCUT2D eigenvalue weighted by Gasteiger charge is 2.22. The Morgan fingerprint density at radius 2 is 1.76 bits per heavy atom. The van der Waals surface area contributed by atoms with Crippen molar-refractivity contribution in [3.63, 3.8) is 0 Å². The number of hydrogen-bond donors (Lipinski definition) is 1. The summed E-state index contributed by atoms with van der Waals surface area (Å²) in [4.78, 5) is 15.1. The van der Waals surface area contributed by atoms with Gasteiger partial charge >= 0.3 is 0 Å². The summed E-state index contributed by atoms with van der Waals surface area (Å²) >= 11 is 0. The van der Waals surface area contributed by atoms with E-state index in [0.717, 1.165) is 18.4 Å². The Bertz CT molecular complexity index is 1170. The Hall–Kier alpha value is -2.84. The van der Waals surface area contributed by atoms with Crippen LogP contribution in [0.1, 0.15) is 38.7 Å². The summed E-state index contributed by atoms with van der Waals surface area (Å²) in [5.41, 5.74) is 1.18. The van der Waals surface area contributed by atoms with E-state index in [1.807, 2.05) is 18.7 Å². The molecule has 178 valence electrons. The van der Waals surface area contributed by atoms with E-state index in [-0.39, 0.29) is 23.8 Å². The van der Waals surface area contributed by atoms with E-state index in [4.69, 9.17) is 9.84 Å². The molecule has 3 rings (SSSR count). The maximum absolute atomic E-state index is 13.3. The van der Waals surface area contributed by atoms with Gasteiger partial charge in [-0.15, -0.1) is 0 Å². The molecule has 0 atom stereocenters. The molecule has 0 fully saturated rings. The molecule has 0 aliphatic carbocycles. The number of fused-ring (bicyclic) bond motifs is 1. The van der Waals surface area contributed by atoms with E-state index in [9.17, 15) is 13.2 Å². The highest BCUT2D eigenvalue weighted by atomic mass is 32.2. The van der Waals surface area contributed by atoms with E-state index in [0.29, 0.717) is 42.8 Å². The van der Waals surface area contributed by atoms with Crippen LogP contribution in [0.2, 0.25) is 0 Å². The number of carbonyl (C=O) groups excluding carboxylic acids is 1. The molecule has 0 aliphatic heterocycles. The van der Waals surface area contributed by atoms with Crippen LogP contribution in [0.4, 0.5) is 0 Å². The summed E-state index contributed by atoms with van der Waals surface area (Å²) in [5, 5.41) is 9.78. The van der Waals surface area contributed by atoms with Crippen LogP contribution in [0, 0.1) is 0 Å². The van der Waals surface area contributed by atoms with Crippen molar-refractivity contribution in [3.8, 4) is 5.75 Å². The van der Waals surface area contributed by atoms with Crippen molar-refractivity contribution in [1.29, 1.82) is 0 Å². The van der Waals surface area contributed by atoms with Crippen LogP contribution in [-0.4, -0.2) is 54.6 Å². The van der Waals surface area contributed by atoms with Crippen molar-refractivity contribution in [2.24, 2.45) is 0 Å². The van der Waals surface area contributed by atoms with E-state index in [1.54, 1.807) is 48.5 Å². The normalized spacial score (nSPS) is 11.6. The van der Waals surface area contributed by atoms with Gasteiger partial charge in [0.25, 0.3) is 10.0 Å². The number of aliphatic hydroxyl groups excluding tert-OH is 1. The molecular formula is C25H32N2O5S. The molecule has 3 aromatic rings. The zero-order valence-electron chi connectivity index (χ0n) is 19.2. The van der Waals surface area contributed by atoms with Crippen LogP contribution in [-0.2, 0) is 21.2 Å². The SMILES string of the molecule is CCCN(CCC)C(=O)Cc1cc(OCCCO)cc2c1ccn2S(=O)(=O)c1ccccc1. The summed E-state index contributed by atoms with van der Waals surface area (Å²) in [6.45, 7) is 5.74. The van der Waals surface area contributed by atoms with Gasteiger partial charge < -0.3 is 14.7 Å². The first kappa shape index (κ1) is 24.8. The highest BCUT2D eigenvalue weighted by molar-refractivity contribution is 7.90. The van der Waals surface area contributed by atoms with Gasteiger partial charge in [-0.25, -0.2) is 12.4 Å². The number of ether oxygens (including phenoxy) is 1. The molecule has 1 aromatic heterocycles. The van der Waals surface area contributed by atoms with Gasteiger partial charge in [0.15, 0.2) is 0 Å². The molecule has 1 N–H and O–H groups in total. The second kappa shape index (κ2) is 11.3. The molecule has 8 heteroatoms. The van der Waals surface area contributed by atoms with Gasteiger partial charge in [-0.1, -0.05) is 32.0 Å². The van der Waals surface area contributed by atoms with Crippen LogP contribution in [0.3, 0.4) is 0 Å². The minimum atomic E-state index is -3.82. The Balaban J connectivity index is 2.06. The third-order valence-corrected chi connectivity index (χ3v) is 7.09. The molecule has 0 spiro atoms. The zero-order valence-corrected chi connectivity index (χ0v) is 20.1. The van der Waals surface area contributed by atoms with E-state index in [1.165, 1.54) is 10.2 Å². The van der Waals surface area contributed by atoms with Gasteiger partial charge in [0.1, 0.15) is 5.75 Å². The Morgan fingerprint density at radius 3 is 2.39 bits per heavy atom. The summed E-state index contributed by atoms with van der Waals surface area (Å²) in [7, 11) is -3.82. The van der Waals surface area contributed by atoms with Crippen molar-refractivity contribution in [2.75, 3.05) is 26.3 Å². The van der Waals surface area contributed by atoms with E-state index in [2.05, 4.69) is 0 Å². The van der Waals surface area contributed by atoms with Gasteiger partial charge in [0, 0.05) is 43.8 Å². The number of aliphatic hydroxyl groups is 1. The lowest BCUT2D eigenvalue weighted by Crippen LogP contribution is -2.33. The predicted octanol–water partition coefficient (Wildman–Crippen LogP) is 3.83. The molecule has 1 amide bonds. The number of nitrogens with zero attached hydrogens (tertiary/aromatic N) is 2. The molecule has 0 unspecified atom stereocenters. The predicted molar refractivity (Wildman–Crippen MR) is 129 cm³/mol. The quantitative estimate of drug-likeness (QED) is 0.405. The largest absolute Gasteiger partial charge is 0.493 e. The van der Waals surface area contributed by atoms with Crippen molar-refractivity contribution in [1.82, 2.24) is 8.87 Å². The molecule has 2 aromatic carbocycles. The number of rotatable bonds is 12. The van der Waals surface area contributed by atoms with Crippen LogP contribution in [0.15, 0.2) is 59.6 Å². The monoisotopic (exact) mass is 472 g/mol. The fraction of sp³-hybridized carbons (Fsp3) is 0.400. The first-order valence-corrected chi connectivity index (χ1v) is 12.8. The summed E-state index contributed by atoms with van der Waals surface area (Å²) in [5.74, 6) is 0.477. The highest BCUT2D eigenvalue weighted by Crippen LogP contribution is 2.30. The van der Waals surface area contributed by atoms with Gasteiger partial charge in [0.05, 0.1) is 23.4 Å². The minimum Gasteiger partial charge on any atom is -0.493 e. The number of aromatic nitrogens is 1.